The first-order valence-electron chi connectivity index (χ1n) is 5.22. The predicted molar refractivity (Wildman–Crippen MR) is 61.8 cm³/mol. The second-order valence-electron chi connectivity index (χ2n) is 3.55. The van der Waals surface area contributed by atoms with E-state index >= 15 is 0 Å². The number of amides is 1. The van der Waals surface area contributed by atoms with Crippen LogP contribution in [-0.4, -0.2) is 30.5 Å². The van der Waals surface area contributed by atoms with Crippen LogP contribution in [0.2, 0.25) is 0 Å². The van der Waals surface area contributed by atoms with Crippen molar-refractivity contribution in [2.45, 2.75) is 13.5 Å². The van der Waals surface area contributed by atoms with Crippen molar-refractivity contribution in [3.63, 3.8) is 0 Å². The van der Waals surface area contributed by atoms with Gasteiger partial charge in [0.05, 0.1) is 18.8 Å². The van der Waals surface area contributed by atoms with Gasteiger partial charge in [0.15, 0.2) is 6.29 Å². The number of carbonyl (C=O) groups excluding carboxylic acids is 2. The van der Waals surface area contributed by atoms with Crippen molar-refractivity contribution in [1.82, 2.24) is 5.32 Å². The van der Waals surface area contributed by atoms with Crippen LogP contribution < -0.4 is 5.32 Å². The van der Waals surface area contributed by atoms with Gasteiger partial charge in [0, 0.05) is 13.5 Å². The molecular formula is C12H15NO4. The molecule has 0 unspecified atom stereocenters. The maximum atomic E-state index is 10.6. The Balaban J connectivity index is 2.36. The average Bonchev–Trinajstić information content (AvgIpc) is 2.30. The minimum Gasteiger partial charge on any atom is -0.507 e. The summed E-state index contributed by atoms with van der Waals surface area (Å²) in [5.74, 6) is -0.136. The highest BCUT2D eigenvalue weighted by atomic mass is 16.5. The zero-order chi connectivity index (χ0) is 12.7. The summed E-state index contributed by atoms with van der Waals surface area (Å²) in [6.07, 6.45) is 0.593. The lowest BCUT2D eigenvalue weighted by molar-refractivity contribution is -0.119. The summed E-state index contributed by atoms with van der Waals surface area (Å²) < 4.78 is 5.30. The normalized spacial score (nSPS) is 9.94. The Labute approximate surface area is 99.4 Å². The van der Waals surface area contributed by atoms with E-state index in [1.165, 1.54) is 13.0 Å². The van der Waals surface area contributed by atoms with Crippen LogP contribution in [-0.2, 0) is 16.1 Å². The summed E-state index contributed by atoms with van der Waals surface area (Å²) in [7, 11) is 0. The van der Waals surface area contributed by atoms with Gasteiger partial charge in [0.25, 0.3) is 0 Å². The van der Waals surface area contributed by atoms with Gasteiger partial charge < -0.3 is 15.2 Å². The smallest absolute Gasteiger partial charge is 0.216 e. The summed E-state index contributed by atoms with van der Waals surface area (Å²) in [5, 5.41) is 11.9. The second kappa shape index (κ2) is 6.65. The van der Waals surface area contributed by atoms with Crippen LogP contribution in [0.4, 0.5) is 0 Å². The molecule has 0 radical (unpaired) electrons. The molecular weight excluding hydrogens is 222 g/mol. The molecule has 2 N–H and O–H groups in total. The third-order valence-electron chi connectivity index (χ3n) is 2.11. The Bertz CT molecular complexity index is 403. The number of ether oxygens (including phenoxy) is 1. The number of benzene rings is 1. The molecule has 0 aliphatic heterocycles. The van der Waals surface area contributed by atoms with E-state index in [9.17, 15) is 14.7 Å². The highest BCUT2D eigenvalue weighted by Gasteiger charge is 2.01. The third-order valence-corrected chi connectivity index (χ3v) is 2.11. The summed E-state index contributed by atoms with van der Waals surface area (Å²) >= 11 is 0. The van der Waals surface area contributed by atoms with Crippen molar-refractivity contribution in [1.29, 1.82) is 0 Å². The number of carbonyl (C=O) groups is 2. The average molecular weight is 237 g/mol. The molecule has 0 saturated carbocycles. The molecule has 0 aromatic heterocycles. The highest BCUT2D eigenvalue weighted by molar-refractivity contribution is 5.79. The SMILES string of the molecule is CC(=O)NCCOCc1ccc(O)c(C=O)c1. The fraction of sp³-hybridized carbons (Fsp3) is 0.333. The number of hydrogen-bond donors (Lipinski definition) is 2. The molecule has 0 aliphatic rings. The summed E-state index contributed by atoms with van der Waals surface area (Å²) in [6, 6.07) is 4.71. The Morgan fingerprint density at radius 1 is 1.53 bits per heavy atom. The highest BCUT2D eigenvalue weighted by Crippen LogP contribution is 2.16. The van der Waals surface area contributed by atoms with Gasteiger partial charge in [0.1, 0.15) is 5.75 Å². The minimum atomic E-state index is -0.0959. The van der Waals surface area contributed by atoms with E-state index in [4.69, 9.17) is 4.74 Å². The lowest BCUT2D eigenvalue weighted by atomic mass is 10.1. The van der Waals surface area contributed by atoms with Crippen molar-refractivity contribution < 1.29 is 19.4 Å². The number of nitrogens with one attached hydrogen (secondary N) is 1. The van der Waals surface area contributed by atoms with Crippen molar-refractivity contribution in [2.24, 2.45) is 0 Å². The lowest BCUT2D eigenvalue weighted by Gasteiger charge is -2.06. The number of phenols is 1. The number of aldehydes is 1. The second-order valence-corrected chi connectivity index (χ2v) is 3.55. The molecule has 0 atom stereocenters. The van der Waals surface area contributed by atoms with Gasteiger partial charge in [-0.3, -0.25) is 9.59 Å². The van der Waals surface area contributed by atoms with Gasteiger partial charge in [-0.25, -0.2) is 0 Å². The van der Waals surface area contributed by atoms with Crippen molar-refractivity contribution >= 4 is 12.2 Å². The van der Waals surface area contributed by atoms with Crippen LogP contribution in [0.3, 0.4) is 0 Å². The van der Waals surface area contributed by atoms with E-state index in [0.717, 1.165) is 5.56 Å². The zero-order valence-electron chi connectivity index (χ0n) is 9.60. The first-order valence-corrected chi connectivity index (χ1v) is 5.22. The van der Waals surface area contributed by atoms with E-state index in [1.54, 1.807) is 12.1 Å². The molecule has 0 heterocycles. The van der Waals surface area contributed by atoms with Crippen LogP contribution in [0.1, 0.15) is 22.8 Å². The molecule has 0 bridgehead atoms. The van der Waals surface area contributed by atoms with Gasteiger partial charge in [-0.1, -0.05) is 6.07 Å². The van der Waals surface area contributed by atoms with Crippen LogP contribution in [0, 0.1) is 0 Å². The maximum Gasteiger partial charge on any atom is 0.216 e. The first kappa shape index (κ1) is 13.2. The van der Waals surface area contributed by atoms with E-state index in [-0.39, 0.29) is 17.2 Å². The molecule has 0 fully saturated rings. The van der Waals surface area contributed by atoms with Gasteiger partial charge >= 0.3 is 0 Å². The molecule has 1 aromatic rings. The van der Waals surface area contributed by atoms with Crippen molar-refractivity contribution in [3.05, 3.63) is 29.3 Å². The molecule has 1 aromatic carbocycles. The van der Waals surface area contributed by atoms with Crippen molar-refractivity contribution in [2.75, 3.05) is 13.2 Å². The number of phenolic OH excluding ortho intramolecular Hbond substituents is 1. The molecule has 5 nitrogen and oxygen atoms in total. The Morgan fingerprint density at radius 3 is 2.94 bits per heavy atom. The summed E-state index contributed by atoms with van der Waals surface area (Å²) in [6.45, 7) is 2.63. The largest absolute Gasteiger partial charge is 0.507 e. The number of hydrogen-bond acceptors (Lipinski definition) is 4. The molecule has 17 heavy (non-hydrogen) atoms. The molecule has 5 heteroatoms. The van der Waals surface area contributed by atoms with Crippen LogP contribution in [0.25, 0.3) is 0 Å². The van der Waals surface area contributed by atoms with E-state index in [0.29, 0.717) is 26.0 Å². The molecule has 1 rings (SSSR count). The number of rotatable bonds is 6. The summed E-state index contributed by atoms with van der Waals surface area (Å²) in [4.78, 5) is 21.1. The standard InChI is InChI=1S/C12H15NO4/c1-9(15)13-4-5-17-8-10-2-3-12(16)11(6-10)7-14/h2-3,6-7,16H,4-5,8H2,1H3,(H,13,15). The Kier molecular flexibility index (Phi) is 5.16. The van der Waals surface area contributed by atoms with E-state index in [1.807, 2.05) is 0 Å². The third kappa shape index (κ3) is 4.65. The van der Waals surface area contributed by atoms with Crippen LogP contribution in [0.5, 0.6) is 5.75 Å². The fourth-order valence-corrected chi connectivity index (χ4v) is 1.28. The molecule has 92 valence electrons. The quantitative estimate of drug-likeness (QED) is 0.568. The van der Waals surface area contributed by atoms with Crippen LogP contribution >= 0.6 is 0 Å². The maximum absolute atomic E-state index is 10.6. The topological polar surface area (TPSA) is 75.6 Å². The van der Waals surface area contributed by atoms with Gasteiger partial charge in [-0.2, -0.15) is 0 Å². The van der Waals surface area contributed by atoms with Gasteiger partial charge in [-0.15, -0.1) is 0 Å². The summed E-state index contributed by atoms with van der Waals surface area (Å²) in [5.41, 5.74) is 1.04. The Morgan fingerprint density at radius 2 is 2.29 bits per heavy atom. The van der Waals surface area contributed by atoms with Crippen molar-refractivity contribution in [3.8, 4) is 5.75 Å². The number of aromatic hydroxyl groups is 1. The van der Waals surface area contributed by atoms with Gasteiger partial charge in [0.2, 0.25) is 5.91 Å². The molecule has 0 saturated heterocycles. The van der Waals surface area contributed by atoms with Gasteiger partial charge in [-0.05, 0) is 17.7 Å². The monoisotopic (exact) mass is 237 g/mol. The van der Waals surface area contributed by atoms with E-state index in [2.05, 4.69) is 5.32 Å². The Hall–Kier alpha value is -1.88. The van der Waals surface area contributed by atoms with Crippen LogP contribution in [0.15, 0.2) is 18.2 Å². The van der Waals surface area contributed by atoms with E-state index < -0.39 is 0 Å². The molecule has 0 spiro atoms. The fourth-order valence-electron chi connectivity index (χ4n) is 1.28. The first-order chi connectivity index (χ1) is 8.13. The molecule has 0 aliphatic carbocycles. The zero-order valence-corrected chi connectivity index (χ0v) is 9.60. The lowest BCUT2D eigenvalue weighted by Crippen LogP contribution is -2.24. The minimum absolute atomic E-state index is 0.0398. The molecule has 1 amide bonds. The predicted octanol–water partition coefficient (Wildman–Crippen LogP) is 0.857.